The smallest absolute Gasteiger partial charge is 0.316 e. The van der Waals surface area contributed by atoms with Crippen LogP contribution in [0.15, 0.2) is 30.3 Å². The van der Waals surface area contributed by atoms with Crippen molar-refractivity contribution in [3.05, 3.63) is 56.8 Å². The molecular formula is C20H15ClFN3O6. The average Bonchev–Trinajstić information content (AvgIpc) is 3.12. The molecule has 3 rings (SSSR count). The molecule has 1 saturated heterocycles. The Balaban J connectivity index is 1.81. The number of benzene rings is 2. The summed E-state index contributed by atoms with van der Waals surface area (Å²) in [5.41, 5.74) is -0.463. The lowest BCUT2D eigenvalue weighted by atomic mass is 10.1. The molecule has 0 radical (unpaired) electrons. The number of halogens is 2. The summed E-state index contributed by atoms with van der Waals surface area (Å²) in [6, 6.07) is 7.65. The van der Waals surface area contributed by atoms with Gasteiger partial charge in [0.05, 0.1) is 39.8 Å². The van der Waals surface area contributed by atoms with E-state index in [4.69, 9.17) is 26.3 Å². The minimum absolute atomic E-state index is 0.00816. The number of amides is 1. The van der Waals surface area contributed by atoms with Gasteiger partial charge in [-0.05, 0) is 25.1 Å². The lowest BCUT2D eigenvalue weighted by Crippen LogP contribution is -2.27. The van der Waals surface area contributed by atoms with E-state index in [0.29, 0.717) is 0 Å². The number of esters is 1. The number of hydrogen-bond acceptors (Lipinski definition) is 7. The summed E-state index contributed by atoms with van der Waals surface area (Å²) in [7, 11) is 0. The number of nitrogens with zero attached hydrogens (tertiary/aromatic N) is 3. The fraction of sp³-hybridized carbons (Fsp3) is 0.250. The third kappa shape index (κ3) is 4.57. The Morgan fingerprint density at radius 1 is 1.42 bits per heavy atom. The van der Waals surface area contributed by atoms with E-state index in [1.54, 1.807) is 6.92 Å². The van der Waals surface area contributed by atoms with Crippen LogP contribution in [0.2, 0.25) is 5.02 Å². The Hall–Kier alpha value is -3.71. The largest absolute Gasteiger partial charge is 0.490 e. The molecule has 11 heteroatoms. The maximum Gasteiger partial charge on any atom is 0.316 e. The maximum absolute atomic E-state index is 13.6. The number of carbonyl (C=O) groups is 2. The number of nitriles is 1. The molecular weight excluding hydrogens is 433 g/mol. The van der Waals surface area contributed by atoms with Crippen molar-refractivity contribution in [2.45, 2.75) is 13.3 Å². The molecule has 1 aliphatic rings. The molecule has 1 fully saturated rings. The lowest BCUT2D eigenvalue weighted by Gasteiger charge is -2.17. The molecule has 0 aromatic heterocycles. The van der Waals surface area contributed by atoms with Gasteiger partial charge < -0.3 is 14.4 Å². The molecule has 1 atom stereocenters. The van der Waals surface area contributed by atoms with Gasteiger partial charge >= 0.3 is 11.7 Å². The van der Waals surface area contributed by atoms with Gasteiger partial charge in [0.25, 0.3) is 0 Å². The van der Waals surface area contributed by atoms with Crippen molar-refractivity contribution in [2.24, 2.45) is 5.92 Å². The van der Waals surface area contributed by atoms with E-state index >= 15 is 0 Å². The maximum atomic E-state index is 13.6. The molecule has 31 heavy (non-hydrogen) atoms. The van der Waals surface area contributed by atoms with Crippen molar-refractivity contribution < 1.29 is 28.4 Å². The summed E-state index contributed by atoms with van der Waals surface area (Å²) in [6.07, 6.45) is -0.206. The van der Waals surface area contributed by atoms with E-state index in [2.05, 4.69) is 0 Å². The zero-order valence-electron chi connectivity index (χ0n) is 16.1. The number of hydrogen-bond donors (Lipinski definition) is 0. The second kappa shape index (κ2) is 8.97. The van der Waals surface area contributed by atoms with Crippen LogP contribution in [0.1, 0.15) is 18.9 Å². The monoisotopic (exact) mass is 447 g/mol. The zero-order chi connectivity index (χ0) is 22.7. The highest BCUT2D eigenvalue weighted by Gasteiger charge is 2.37. The van der Waals surface area contributed by atoms with Gasteiger partial charge in [-0.1, -0.05) is 11.6 Å². The topological polar surface area (TPSA) is 123 Å². The summed E-state index contributed by atoms with van der Waals surface area (Å²) >= 11 is 6.13. The van der Waals surface area contributed by atoms with Crippen LogP contribution in [0, 0.1) is 33.2 Å². The van der Waals surface area contributed by atoms with E-state index in [-0.39, 0.29) is 47.3 Å². The van der Waals surface area contributed by atoms with Gasteiger partial charge in [0.2, 0.25) is 11.7 Å². The predicted octanol–water partition coefficient (Wildman–Crippen LogP) is 3.62. The summed E-state index contributed by atoms with van der Waals surface area (Å²) < 4.78 is 24.3. The second-order valence-electron chi connectivity index (χ2n) is 6.55. The molecule has 0 saturated carbocycles. The first-order chi connectivity index (χ1) is 14.7. The lowest BCUT2D eigenvalue weighted by molar-refractivity contribution is -0.387. The van der Waals surface area contributed by atoms with Crippen LogP contribution >= 0.6 is 11.6 Å². The van der Waals surface area contributed by atoms with Gasteiger partial charge in [-0.2, -0.15) is 9.65 Å². The molecule has 2 aromatic carbocycles. The minimum Gasteiger partial charge on any atom is -0.490 e. The van der Waals surface area contributed by atoms with E-state index in [1.807, 2.05) is 6.07 Å². The Morgan fingerprint density at radius 3 is 2.81 bits per heavy atom. The van der Waals surface area contributed by atoms with Crippen LogP contribution in [-0.2, 0) is 9.59 Å². The number of ether oxygens (including phenoxy) is 2. The molecule has 2 aromatic rings. The first-order valence-corrected chi connectivity index (χ1v) is 9.45. The van der Waals surface area contributed by atoms with Gasteiger partial charge in [-0.3, -0.25) is 19.7 Å². The van der Waals surface area contributed by atoms with Gasteiger partial charge in [0.15, 0.2) is 11.5 Å². The Labute approximate surface area is 180 Å². The number of nitro groups is 1. The molecule has 1 unspecified atom stereocenters. The quantitative estimate of drug-likeness (QED) is 0.287. The first kappa shape index (κ1) is 22.0. The number of carbonyl (C=O) groups excluding carboxylic acids is 2. The number of nitro benzene ring substituents is 1. The second-order valence-corrected chi connectivity index (χ2v) is 6.96. The molecule has 9 nitrogen and oxygen atoms in total. The van der Waals surface area contributed by atoms with E-state index < -0.39 is 34.2 Å². The molecule has 0 bridgehead atoms. The van der Waals surface area contributed by atoms with Gasteiger partial charge in [-0.15, -0.1) is 0 Å². The summed E-state index contributed by atoms with van der Waals surface area (Å²) in [4.78, 5) is 36.3. The Morgan fingerprint density at radius 2 is 2.16 bits per heavy atom. The van der Waals surface area contributed by atoms with Crippen LogP contribution in [0.3, 0.4) is 0 Å². The highest BCUT2D eigenvalue weighted by molar-refractivity contribution is 6.32. The molecule has 1 heterocycles. The van der Waals surface area contributed by atoms with Crippen LogP contribution < -0.4 is 14.4 Å². The summed E-state index contributed by atoms with van der Waals surface area (Å²) in [5, 5.41) is 20.0. The molecule has 1 aliphatic heterocycles. The number of rotatable bonds is 6. The van der Waals surface area contributed by atoms with Crippen LogP contribution in [0.25, 0.3) is 0 Å². The van der Waals surface area contributed by atoms with Crippen molar-refractivity contribution >= 4 is 34.9 Å². The Kier molecular flexibility index (Phi) is 6.36. The van der Waals surface area contributed by atoms with Crippen LogP contribution in [0.4, 0.5) is 15.8 Å². The van der Waals surface area contributed by atoms with E-state index in [1.165, 1.54) is 18.2 Å². The zero-order valence-corrected chi connectivity index (χ0v) is 16.9. The Bertz CT molecular complexity index is 1120. The molecule has 160 valence electrons. The van der Waals surface area contributed by atoms with Gasteiger partial charge in [0.1, 0.15) is 0 Å². The van der Waals surface area contributed by atoms with Crippen molar-refractivity contribution in [2.75, 3.05) is 18.1 Å². The fourth-order valence-corrected chi connectivity index (χ4v) is 3.35. The van der Waals surface area contributed by atoms with E-state index in [9.17, 15) is 24.1 Å². The van der Waals surface area contributed by atoms with Crippen molar-refractivity contribution in [1.82, 2.24) is 0 Å². The normalized spacial score (nSPS) is 15.5. The molecule has 0 aliphatic carbocycles. The molecule has 0 spiro atoms. The fourth-order valence-electron chi connectivity index (χ4n) is 3.10. The molecule has 0 N–H and O–H groups in total. The first-order valence-electron chi connectivity index (χ1n) is 9.07. The van der Waals surface area contributed by atoms with Crippen molar-refractivity contribution in [3.63, 3.8) is 0 Å². The van der Waals surface area contributed by atoms with Crippen LogP contribution in [0.5, 0.6) is 11.5 Å². The highest BCUT2D eigenvalue weighted by atomic mass is 35.5. The number of anilines is 1. The summed E-state index contributed by atoms with van der Waals surface area (Å²) in [5.74, 6) is -3.13. The molecule has 1 amide bonds. The SMILES string of the molecule is CCOc1cc(C#N)cc(Cl)c1OC(=O)C1CC(=O)N(c2ccc(F)c([N+](=O)[O-])c2)C1. The van der Waals surface area contributed by atoms with Crippen molar-refractivity contribution in [3.8, 4) is 17.6 Å². The summed E-state index contributed by atoms with van der Waals surface area (Å²) in [6.45, 7) is 1.82. The van der Waals surface area contributed by atoms with Crippen LogP contribution in [-0.4, -0.2) is 30.0 Å². The third-order valence-corrected chi connectivity index (χ3v) is 4.82. The van der Waals surface area contributed by atoms with E-state index in [0.717, 1.165) is 17.0 Å². The van der Waals surface area contributed by atoms with Gasteiger partial charge in [-0.25, -0.2) is 0 Å². The van der Waals surface area contributed by atoms with Crippen molar-refractivity contribution in [1.29, 1.82) is 5.26 Å². The minimum atomic E-state index is -1.03. The average molecular weight is 448 g/mol. The van der Waals surface area contributed by atoms with Gasteiger partial charge in [0, 0.05) is 25.1 Å². The highest BCUT2D eigenvalue weighted by Crippen LogP contribution is 2.38. The standard InChI is InChI=1S/C20H15ClFN3O6/c1-2-30-17-6-11(9-23)5-14(21)19(17)31-20(27)12-7-18(26)24(10-12)13-3-4-15(22)16(8-13)25(28)29/h3-6,8,12H,2,7,10H2,1H3. The third-order valence-electron chi connectivity index (χ3n) is 4.54. The predicted molar refractivity (Wildman–Crippen MR) is 106 cm³/mol.